The molecule has 3 N–H and O–H groups in total. The fourth-order valence-corrected chi connectivity index (χ4v) is 8.77. The lowest BCUT2D eigenvalue weighted by atomic mass is 9.44. The molecule has 11 heteroatoms. The van der Waals surface area contributed by atoms with Gasteiger partial charge in [-0.25, -0.2) is 9.18 Å². The number of carbonyl (C=O) groups excluding carboxylic acids is 3. The average molecular weight is 577 g/mol. The fraction of sp³-hybridized carbons (Fsp3) is 0.552. The lowest BCUT2D eigenvalue weighted by Crippen LogP contribution is -2.69. The van der Waals surface area contributed by atoms with Crippen molar-refractivity contribution in [1.82, 2.24) is 0 Å². The number of benzene rings is 1. The van der Waals surface area contributed by atoms with E-state index in [-0.39, 0.29) is 17.8 Å². The predicted octanol–water partition coefficient (Wildman–Crippen LogP) is 3.01. The molecule has 0 saturated heterocycles. The minimum atomic E-state index is -4.57. The first-order valence-corrected chi connectivity index (χ1v) is 14.8. The Labute approximate surface area is 231 Å². The summed E-state index contributed by atoms with van der Waals surface area (Å²) in [6.45, 7) is 4.22. The van der Waals surface area contributed by atoms with Crippen LogP contribution in [0.5, 0.6) is 0 Å². The lowest BCUT2D eigenvalue weighted by Gasteiger charge is -2.62. The molecule has 8 atom stereocenters. The molecular formula is C29H33FO9S. The average Bonchev–Trinajstić information content (AvgIpc) is 3.09. The number of ether oxygens (including phenoxy) is 1. The third kappa shape index (κ3) is 3.81. The van der Waals surface area contributed by atoms with Crippen LogP contribution in [0.3, 0.4) is 0 Å². The molecule has 0 unspecified atom stereocenters. The summed E-state index contributed by atoms with van der Waals surface area (Å²) in [5.41, 5.74) is -6.17. The second kappa shape index (κ2) is 9.14. The smallest absolute Gasteiger partial charge is 0.338 e. The summed E-state index contributed by atoms with van der Waals surface area (Å²) in [5.74, 6) is -3.86. The molecule has 216 valence electrons. The first-order valence-electron chi connectivity index (χ1n) is 13.3. The zero-order chi connectivity index (χ0) is 29.5. The lowest BCUT2D eigenvalue weighted by molar-refractivity contribution is -0.219. The van der Waals surface area contributed by atoms with Gasteiger partial charge in [0.25, 0.3) is 10.1 Å². The number of esters is 1. The number of hydrogen-bond donors (Lipinski definition) is 3. The topological polar surface area (TPSA) is 155 Å². The largest absolute Gasteiger partial charge is 0.454 e. The summed E-state index contributed by atoms with van der Waals surface area (Å²) in [7, 11) is -4.57. The number of ketones is 2. The molecule has 3 fully saturated rings. The molecule has 0 aromatic heterocycles. The number of carbonyl (C=O) groups is 3. The molecule has 4 aliphatic rings. The van der Waals surface area contributed by atoms with E-state index in [9.17, 15) is 37.6 Å². The molecule has 0 heterocycles. The molecule has 0 bridgehead atoms. The van der Waals surface area contributed by atoms with Gasteiger partial charge in [-0.1, -0.05) is 31.6 Å². The predicted molar refractivity (Wildman–Crippen MR) is 139 cm³/mol. The molecule has 0 amide bonds. The number of rotatable bonds is 5. The van der Waals surface area contributed by atoms with Crippen LogP contribution in [-0.2, 0) is 24.4 Å². The summed E-state index contributed by atoms with van der Waals surface area (Å²) in [6, 6.07) is 4.48. The van der Waals surface area contributed by atoms with Gasteiger partial charge in [-0.05, 0) is 74.8 Å². The summed E-state index contributed by atoms with van der Waals surface area (Å²) in [6.07, 6.45) is 3.64. The highest BCUT2D eigenvalue weighted by molar-refractivity contribution is 7.85. The number of Topliss-reactive ketones (excluding diaryl/α,β-unsaturated/α-hetero) is 1. The van der Waals surface area contributed by atoms with Crippen molar-refractivity contribution in [2.45, 2.75) is 68.7 Å². The van der Waals surface area contributed by atoms with Crippen LogP contribution in [0.4, 0.5) is 4.39 Å². The van der Waals surface area contributed by atoms with Crippen molar-refractivity contribution in [3.8, 4) is 0 Å². The van der Waals surface area contributed by atoms with Gasteiger partial charge in [-0.2, -0.15) is 8.42 Å². The minimum absolute atomic E-state index is 0.216. The highest BCUT2D eigenvalue weighted by Gasteiger charge is 2.75. The van der Waals surface area contributed by atoms with Crippen LogP contribution >= 0.6 is 0 Å². The van der Waals surface area contributed by atoms with Gasteiger partial charge in [0.05, 0.1) is 16.6 Å². The van der Waals surface area contributed by atoms with Crippen molar-refractivity contribution in [2.24, 2.45) is 28.6 Å². The maximum atomic E-state index is 17.3. The van der Waals surface area contributed by atoms with Crippen LogP contribution in [-0.4, -0.2) is 64.7 Å². The van der Waals surface area contributed by atoms with E-state index in [0.29, 0.717) is 24.8 Å². The molecule has 5 rings (SSSR count). The van der Waals surface area contributed by atoms with Crippen molar-refractivity contribution < 1.29 is 46.7 Å². The van der Waals surface area contributed by atoms with Gasteiger partial charge < -0.3 is 14.9 Å². The van der Waals surface area contributed by atoms with Gasteiger partial charge in [0.15, 0.2) is 18.1 Å². The zero-order valence-electron chi connectivity index (χ0n) is 22.5. The van der Waals surface area contributed by atoms with Crippen molar-refractivity contribution in [2.75, 3.05) is 6.61 Å². The highest BCUT2D eigenvalue weighted by atomic mass is 32.2. The second-order valence-corrected chi connectivity index (χ2v) is 13.6. The van der Waals surface area contributed by atoms with Crippen LogP contribution in [0.1, 0.15) is 56.8 Å². The van der Waals surface area contributed by atoms with Crippen molar-refractivity contribution in [3.63, 3.8) is 0 Å². The number of hydrogen-bond acceptors (Lipinski definition) is 8. The Morgan fingerprint density at radius 1 is 1.20 bits per heavy atom. The molecule has 0 radical (unpaired) electrons. The van der Waals surface area contributed by atoms with Crippen LogP contribution < -0.4 is 0 Å². The van der Waals surface area contributed by atoms with Gasteiger partial charge in [-0.15, -0.1) is 0 Å². The SMILES string of the molecule is C[C@H]1C[C@@H]2[C@H]3CCC4=CC(=O)C=C[C@@]4(C)[C@]3(F)[C@H](O)C[C@@]2(C)[C@]1(O)C(=O)COC(=O)c1cccc(S(=O)(=O)O)c1. The maximum Gasteiger partial charge on any atom is 0.338 e. The zero-order valence-corrected chi connectivity index (χ0v) is 23.3. The molecule has 1 aromatic rings. The minimum Gasteiger partial charge on any atom is -0.454 e. The molecular weight excluding hydrogens is 543 g/mol. The standard InChI is InChI=1S/C29H33FO9S/c1-16-11-22-21-8-7-18-13-19(31)9-10-26(18,2)28(21,30)23(32)14-27(22,3)29(16,35)24(33)15-39-25(34)17-5-4-6-20(12-17)40(36,37)38/h4-6,9-10,12-13,16,21-23,32,35H,7-8,11,14-15H2,1-3H3,(H,36,37,38)/t16-,21+,22+,23+,26+,27+,28+,29+/m0/s1. The Balaban J connectivity index is 1.41. The molecule has 1 aromatic carbocycles. The van der Waals surface area contributed by atoms with E-state index in [2.05, 4.69) is 0 Å². The Morgan fingerprint density at radius 3 is 2.58 bits per heavy atom. The van der Waals surface area contributed by atoms with E-state index in [1.54, 1.807) is 20.8 Å². The highest BCUT2D eigenvalue weighted by Crippen LogP contribution is 2.70. The van der Waals surface area contributed by atoms with Gasteiger partial charge >= 0.3 is 5.97 Å². The summed E-state index contributed by atoms with van der Waals surface area (Å²) in [5, 5.41) is 23.4. The monoisotopic (exact) mass is 576 g/mol. The number of allylic oxidation sites excluding steroid dienone is 4. The van der Waals surface area contributed by atoms with Gasteiger partial charge in [0, 0.05) is 16.7 Å². The molecule has 9 nitrogen and oxygen atoms in total. The normalized spacial score (nSPS) is 40.5. The van der Waals surface area contributed by atoms with Crippen LogP contribution in [0.15, 0.2) is 53.0 Å². The van der Waals surface area contributed by atoms with Crippen molar-refractivity contribution in [1.29, 1.82) is 0 Å². The number of alkyl halides is 1. The molecule has 40 heavy (non-hydrogen) atoms. The maximum absolute atomic E-state index is 17.3. The molecule has 4 aliphatic carbocycles. The fourth-order valence-electron chi connectivity index (χ4n) is 8.25. The van der Waals surface area contributed by atoms with E-state index in [0.717, 1.165) is 12.1 Å². The number of aliphatic hydroxyl groups excluding tert-OH is 1. The van der Waals surface area contributed by atoms with Crippen LogP contribution in [0.2, 0.25) is 0 Å². The van der Waals surface area contributed by atoms with E-state index in [4.69, 9.17) is 4.74 Å². The summed E-state index contributed by atoms with van der Waals surface area (Å²) >= 11 is 0. The Bertz CT molecular complexity index is 1470. The van der Waals surface area contributed by atoms with E-state index in [1.165, 1.54) is 30.4 Å². The first-order chi connectivity index (χ1) is 18.5. The molecule has 0 aliphatic heterocycles. The van der Waals surface area contributed by atoms with Crippen molar-refractivity contribution in [3.05, 3.63) is 53.6 Å². The first kappa shape index (κ1) is 28.8. The van der Waals surface area contributed by atoms with E-state index in [1.807, 2.05) is 0 Å². The third-order valence-corrected chi connectivity index (χ3v) is 11.2. The summed E-state index contributed by atoms with van der Waals surface area (Å²) in [4.78, 5) is 37.7. The Kier molecular flexibility index (Phi) is 6.58. The van der Waals surface area contributed by atoms with Crippen molar-refractivity contribution >= 4 is 27.7 Å². The second-order valence-electron chi connectivity index (χ2n) is 12.2. The van der Waals surface area contributed by atoms with Gasteiger partial charge in [-0.3, -0.25) is 14.1 Å². The third-order valence-electron chi connectivity index (χ3n) is 10.3. The van der Waals surface area contributed by atoms with Crippen LogP contribution in [0, 0.1) is 28.6 Å². The molecule has 3 saturated carbocycles. The van der Waals surface area contributed by atoms with Gasteiger partial charge in [0.2, 0.25) is 5.78 Å². The van der Waals surface area contributed by atoms with Gasteiger partial charge in [0.1, 0.15) is 5.60 Å². The van der Waals surface area contributed by atoms with E-state index >= 15 is 4.39 Å². The summed E-state index contributed by atoms with van der Waals surface area (Å²) < 4.78 is 54.4. The Hall–Kier alpha value is -2.73. The Morgan fingerprint density at radius 2 is 1.90 bits per heavy atom. The number of aliphatic hydroxyl groups is 2. The quantitative estimate of drug-likeness (QED) is 0.354. The van der Waals surface area contributed by atoms with Crippen LogP contribution in [0.25, 0.3) is 0 Å². The van der Waals surface area contributed by atoms with E-state index < -0.39 is 79.3 Å². The number of halogens is 1. The number of fused-ring (bicyclic) bond motifs is 5. The molecule has 0 spiro atoms.